The van der Waals surface area contributed by atoms with E-state index in [1.54, 1.807) is 12.1 Å². The Hall–Kier alpha value is -3.43. The average Bonchev–Trinajstić information content (AvgIpc) is 3.48. The summed E-state index contributed by atoms with van der Waals surface area (Å²) < 4.78 is 11.1. The lowest BCUT2D eigenvalue weighted by Crippen LogP contribution is -2.46. The smallest absolute Gasteiger partial charge is 0.326 e. The molecule has 1 aromatic heterocycles. The van der Waals surface area contributed by atoms with Crippen LogP contribution in [0.4, 0.5) is 0 Å². The van der Waals surface area contributed by atoms with Crippen LogP contribution in [0.1, 0.15) is 16.8 Å². The Morgan fingerprint density at radius 1 is 1.10 bits per heavy atom. The van der Waals surface area contributed by atoms with Crippen LogP contribution in [0.25, 0.3) is 21.8 Å². The van der Waals surface area contributed by atoms with Crippen molar-refractivity contribution in [1.82, 2.24) is 15.2 Å². The molecule has 2 saturated heterocycles. The van der Waals surface area contributed by atoms with E-state index in [2.05, 4.69) is 10.3 Å². The molecule has 1 atom stereocenters. The minimum atomic E-state index is -1.12. The van der Waals surface area contributed by atoms with Crippen molar-refractivity contribution in [1.29, 1.82) is 0 Å². The van der Waals surface area contributed by atoms with Crippen LogP contribution in [0.2, 0.25) is 0 Å². The zero-order valence-electron chi connectivity index (χ0n) is 16.6. The highest BCUT2D eigenvalue weighted by Gasteiger charge is 2.52. The van der Waals surface area contributed by atoms with Crippen molar-refractivity contribution in [2.45, 2.75) is 18.2 Å². The molecular weight excluding hydrogens is 402 g/mol. The van der Waals surface area contributed by atoms with Gasteiger partial charge in [-0.1, -0.05) is 18.2 Å². The molecule has 0 unspecified atom stereocenters. The third kappa shape index (κ3) is 3.41. The van der Waals surface area contributed by atoms with Crippen molar-refractivity contribution >= 4 is 39.6 Å². The number of carbonyl (C=O) groups excluding carboxylic acids is 2. The fourth-order valence-electron chi connectivity index (χ4n) is 4.38. The number of para-hydroxylation sites is 1. The number of nitrogens with zero attached hydrogens (tertiary/aromatic N) is 1. The third-order valence-corrected chi connectivity index (χ3v) is 5.88. The molecule has 31 heavy (non-hydrogen) atoms. The quantitative estimate of drug-likeness (QED) is 0.585. The second-order valence-electron chi connectivity index (χ2n) is 7.80. The number of hydrogen-bond acceptors (Lipinski definition) is 5. The van der Waals surface area contributed by atoms with Crippen molar-refractivity contribution in [3.05, 3.63) is 48.0 Å². The molecule has 2 fully saturated rings. The first kappa shape index (κ1) is 19.5. The number of benzene rings is 2. The first-order valence-electron chi connectivity index (χ1n) is 10.0. The van der Waals surface area contributed by atoms with Crippen LogP contribution in [0.15, 0.2) is 42.5 Å². The van der Waals surface area contributed by atoms with E-state index in [4.69, 9.17) is 9.47 Å². The van der Waals surface area contributed by atoms with Crippen LogP contribution in [0, 0.1) is 0 Å². The van der Waals surface area contributed by atoms with E-state index in [1.165, 1.54) is 4.90 Å². The first-order chi connectivity index (χ1) is 15.0. The van der Waals surface area contributed by atoms with Gasteiger partial charge in [-0.15, -0.1) is 0 Å². The topological polar surface area (TPSA) is 121 Å². The number of carboxylic acids is 1. The van der Waals surface area contributed by atoms with E-state index < -0.39 is 29.6 Å². The van der Waals surface area contributed by atoms with Crippen LogP contribution in [0.5, 0.6) is 0 Å². The van der Waals surface area contributed by atoms with Crippen molar-refractivity contribution in [2.24, 2.45) is 0 Å². The van der Waals surface area contributed by atoms with Crippen molar-refractivity contribution in [3.63, 3.8) is 0 Å². The fraction of sp³-hybridized carbons (Fsp3) is 0.318. The fourth-order valence-corrected chi connectivity index (χ4v) is 4.38. The molecular formula is C22H21N3O6. The summed E-state index contributed by atoms with van der Waals surface area (Å²) in [6.07, 6.45) is 0.0687. The number of hydrogen-bond donors (Lipinski definition) is 3. The SMILES string of the molecule is O=C(NCC(=O)N1CC2(C[C@H]1C(=O)O)OCCO2)c1ccc2[nH]c3ccccc3c2c1. The molecule has 3 heterocycles. The Balaban J connectivity index is 1.30. The van der Waals surface area contributed by atoms with Gasteiger partial charge in [0.1, 0.15) is 6.04 Å². The van der Waals surface area contributed by atoms with Crippen LogP contribution >= 0.6 is 0 Å². The minimum Gasteiger partial charge on any atom is -0.480 e. The Kier molecular flexibility index (Phi) is 4.64. The Morgan fingerprint density at radius 2 is 1.84 bits per heavy atom. The van der Waals surface area contributed by atoms with E-state index in [1.807, 2.05) is 30.3 Å². The summed E-state index contributed by atoms with van der Waals surface area (Å²) in [5.74, 6) is -3.09. The van der Waals surface area contributed by atoms with Crippen molar-refractivity contribution in [2.75, 3.05) is 26.3 Å². The molecule has 160 valence electrons. The molecule has 2 amide bonds. The Bertz CT molecular complexity index is 1200. The van der Waals surface area contributed by atoms with E-state index in [0.29, 0.717) is 18.8 Å². The number of aromatic amines is 1. The predicted molar refractivity (Wildman–Crippen MR) is 111 cm³/mol. The number of H-pyrrole nitrogens is 1. The van der Waals surface area contributed by atoms with Crippen LogP contribution in [-0.4, -0.2) is 70.9 Å². The maximum atomic E-state index is 12.7. The number of aromatic nitrogens is 1. The molecule has 0 aliphatic carbocycles. The lowest BCUT2D eigenvalue weighted by atomic mass is 10.1. The molecule has 3 aromatic rings. The molecule has 5 rings (SSSR count). The largest absolute Gasteiger partial charge is 0.480 e. The molecule has 0 saturated carbocycles. The van der Waals surface area contributed by atoms with Gasteiger partial charge in [-0.05, 0) is 24.3 Å². The molecule has 3 N–H and O–H groups in total. The van der Waals surface area contributed by atoms with Gasteiger partial charge in [-0.2, -0.15) is 0 Å². The number of carbonyl (C=O) groups is 3. The number of nitrogens with one attached hydrogen (secondary N) is 2. The third-order valence-electron chi connectivity index (χ3n) is 5.88. The summed E-state index contributed by atoms with van der Waals surface area (Å²) in [6.45, 7) is 0.438. The van der Waals surface area contributed by atoms with E-state index >= 15 is 0 Å². The Morgan fingerprint density at radius 3 is 2.61 bits per heavy atom. The molecule has 2 aliphatic heterocycles. The van der Waals surface area contributed by atoms with Crippen LogP contribution < -0.4 is 5.32 Å². The van der Waals surface area contributed by atoms with Gasteiger partial charge in [0.25, 0.3) is 5.91 Å². The highest BCUT2D eigenvalue weighted by Crippen LogP contribution is 2.34. The molecule has 9 nitrogen and oxygen atoms in total. The predicted octanol–water partition coefficient (Wildman–Crippen LogP) is 1.48. The lowest BCUT2D eigenvalue weighted by Gasteiger charge is -2.23. The first-order valence-corrected chi connectivity index (χ1v) is 10.0. The van der Waals surface area contributed by atoms with E-state index in [0.717, 1.165) is 21.8 Å². The number of likely N-dealkylation sites (tertiary alicyclic amines) is 1. The van der Waals surface area contributed by atoms with Gasteiger partial charge in [0.05, 0.1) is 26.3 Å². The monoisotopic (exact) mass is 423 g/mol. The van der Waals surface area contributed by atoms with Gasteiger partial charge in [-0.25, -0.2) is 4.79 Å². The number of aliphatic carboxylic acids is 1. The number of fused-ring (bicyclic) bond motifs is 3. The van der Waals surface area contributed by atoms with Gasteiger partial charge in [-0.3, -0.25) is 9.59 Å². The van der Waals surface area contributed by atoms with Gasteiger partial charge in [0.2, 0.25) is 5.91 Å². The zero-order chi connectivity index (χ0) is 21.6. The second-order valence-corrected chi connectivity index (χ2v) is 7.80. The van der Waals surface area contributed by atoms with Gasteiger partial charge < -0.3 is 29.8 Å². The number of ether oxygens (including phenoxy) is 2. The van der Waals surface area contributed by atoms with E-state index in [9.17, 15) is 19.5 Å². The zero-order valence-corrected chi connectivity index (χ0v) is 16.6. The van der Waals surface area contributed by atoms with Crippen LogP contribution in [0.3, 0.4) is 0 Å². The molecule has 0 radical (unpaired) electrons. The lowest BCUT2D eigenvalue weighted by molar-refractivity contribution is -0.152. The summed E-state index contributed by atoms with van der Waals surface area (Å²) in [5.41, 5.74) is 2.31. The van der Waals surface area contributed by atoms with Crippen molar-refractivity contribution in [3.8, 4) is 0 Å². The normalized spacial score (nSPS) is 20.0. The van der Waals surface area contributed by atoms with Crippen LogP contribution in [-0.2, 0) is 19.1 Å². The summed E-state index contributed by atoms with van der Waals surface area (Å²) in [5, 5.41) is 14.0. The molecule has 9 heteroatoms. The highest BCUT2D eigenvalue weighted by atomic mass is 16.7. The van der Waals surface area contributed by atoms with E-state index in [-0.39, 0.29) is 19.5 Å². The summed E-state index contributed by atoms with van der Waals surface area (Å²) in [7, 11) is 0. The molecule has 1 spiro atoms. The summed E-state index contributed by atoms with van der Waals surface area (Å²) >= 11 is 0. The standard InChI is InChI=1S/C22H21N3O6/c26-19(25-12-22(30-7-8-31-22)10-18(25)21(28)29)11-23-20(27)13-5-6-17-15(9-13)14-3-1-2-4-16(14)24-17/h1-6,9,18,24H,7-8,10-12H2,(H,23,27)(H,28,29)/t18-/m0/s1. The maximum absolute atomic E-state index is 12.7. The van der Waals surface area contributed by atoms with Gasteiger partial charge in [0.15, 0.2) is 5.79 Å². The highest BCUT2D eigenvalue weighted by molar-refractivity contribution is 6.10. The van der Waals surface area contributed by atoms with Gasteiger partial charge in [0, 0.05) is 33.8 Å². The number of rotatable bonds is 4. The summed E-state index contributed by atoms with van der Waals surface area (Å²) in [4.78, 5) is 41.5. The second kappa shape index (κ2) is 7.36. The molecule has 2 aliphatic rings. The summed E-state index contributed by atoms with van der Waals surface area (Å²) in [6, 6.07) is 12.0. The molecule has 0 bridgehead atoms. The number of carboxylic acid groups (broad SMARTS) is 1. The van der Waals surface area contributed by atoms with Crippen molar-refractivity contribution < 1.29 is 29.0 Å². The van der Waals surface area contributed by atoms with Gasteiger partial charge >= 0.3 is 5.97 Å². The minimum absolute atomic E-state index is 0.0277. The average molecular weight is 423 g/mol. The Labute approximate surface area is 176 Å². The maximum Gasteiger partial charge on any atom is 0.326 e. The number of amides is 2. The molecule has 2 aromatic carbocycles.